The lowest BCUT2D eigenvalue weighted by Gasteiger charge is -2.25. The average Bonchev–Trinajstić information content (AvgIpc) is 3.78. The van der Waals surface area contributed by atoms with Crippen LogP contribution in [-0.4, -0.2) is 14.5 Å². The number of hydrogen-bond acceptors (Lipinski definition) is 5. The Morgan fingerprint density at radius 1 is 0.435 bits per heavy atom. The predicted molar refractivity (Wildman–Crippen MR) is 186 cm³/mol. The van der Waals surface area contributed by atoms with Crippen LogP contribution in [-0.2, 0) is 0 Å². The van der Waals surface area contributed by atoms with Gasteiger partial charge in [0.15, 0.2) is 11.2 Å². The fraction of sp³-hybridized carbons (Fsp3) is 0. The van der Waals surface area contributed by atoms with E-state index >= 15 is 0 Å². The second-order valence-corrected chi connectivity index (χ2v) is 11.5. The van der Waals surface area contributed by atoms with Crippen LogP contribution < -0.4 is 4.90 Å². The van der Waals surface area contributed by atoms with Gasteiger partial charge in [0.1, 0.15) is 11.2 Å². The van der Waals surface area contributed by atoms with Crippen LogP contribution in [0.5, 0.6) is 0 Å². The third kappa shape index (κ3) is 3.64. The monoisotopic (exact) mass is 592 g/mol. The number of hydrogen-bond donors (Lipinski definition) is 0. The van der Waals surface area contributed by atoms with E-state index in [-0.39, 0.29) is 0 Å². The summed E-state index contributed by atoms with van der Waals surface area (Å²) in [5.41, 5.74) is 9.59. The third-order valence-electron chi connectivity index (χ3n) is 8.98. The van der Waals surface area contributed by atoms with Crippen molar-refractivity contribution in [2.45, 2.75) is 0 Å². The summed E-state index contributed by atoms with van der Waals surface area (Å²) in [4.78, 5) is 10.7. The van der Waals surface area contributed by atoms with E-state index in [1.165, 1.54) is 21.8 Å². The molecule has 6 nitrogen and oxygen atoms in total. The molecule has 0 saturated heterocycles. The van der Waals surface area contributed by atoms with Crippen LogP contribution in [0.4, 0.5) is 17.1 Å². The summed E-state index contributed by atoms with van der Waals surface area (Å²) in [5.74, 6) is 0. The predicted octanol–water partition coefficient (Wildman–Crippen LogP) is 10.8. The Balaban J connectivity index is 1.16. The summed E-state index contributed by atoms with van der Waals surface area (Å²) in [6.45, 7) is 0. The molecule has 0 saturated carbocycles. The number of rotatable bonds is 4. The number of fused-ring (bicyclic) bond motifs is 9. The van der Waals surface area contributed by atoms with Crippen molar-refractivity contribution >= 4 is 82.7 Å². The van der Waals surface area contributed by atoms with Gasteiger partial charge in [0.25, 0.3) is 0 Å². The number of nitrogens with zero attached hydrogens (tertiary/aromatic N) is 4. The molecule has 0 aliphatic rings. The molecule has 0 aliphatic heterocycles. The highest BCUT2D eigenvalue weighted by Gasteiger charge is 2.18. The van der Waals surface area contributed by atoms with E-state index in [1.807, 2.05) is 12.1 Å². The van der Waals surface area contributed by atoms with Crippen LogP contribution in [0.25, 0.3) is 71.4 Å². The molecule has 0 amide bonds. The van der Waals surface area contributed by atoms with Gasteiger partial charge in [0.2, 0.25) is 0 Å². The smallest absolute Gasteiger partial charge is 0.153 e. The van der Waals surface area contributed by atoms with Gasteiger partial charge >= 0.3 is 0 Å². The van der Waals surface area contributed by atoms with Gasteiger partial charge in [0, 0.05) is 79.6 Å². The van der Waals surface area contributed by atoms with Crippen molar-refractivity contribution in [1.29, 1.82) is 0 Å². The maximum Gasteiger partial charge on any atom is 0.153 e. The minimum atomic E-state index is 0.772. The second-order valence-electron chi connectivity index (χ2n) is 11.5. The third-order valence-corrected chi connectivity index (χ3v) is 8.98. The minimum Gasteiger partial charge on any atom is -0.454 e. The zero-order valence-electron chi connectivity index (χ0n) is 24.5. The van der Waals surface area contributed by atoms with E-state index in [4.69, 9.17) is 8.83 Å². The molecule has 0 fully saturated rings. The molecule has 0 N–H and O–H groups in total. The molecule has 0 aliphatic carbocycles. The lowest BCUT2D eigenvalue weighted by atomic mass is 10.1. The summed E-state index contributed by atoms with van der Waals surface area (Å²) in [6, 6.07) is 42.6. The molecule has 0 spiro atoms. The van der Waals surface area contributed by atoms with Crippen molar-refractivity contribution in [2.75, 3.05) is 4.90 Å². The van der Waals surface area contributed by atoms with Crippen molar-refractivity contribution in [1.82, 2.24) is 14.5 Å². The Hall–Kier alpha value is -6.40. The normalized spacial score (nSPS) is 11.9. The molecule has 0 bridgehead atoms. The van der Waals surface area contributed by atoms with Crippen molar-refractivity contribution in [3.05, 3.63) is 146 Å². The van der Waals surface area contributed by atoms with Crippen molar-refractivity contribution < 1.29 is 8.83 Å². The quantitative estimate of drug-likeness (QED) is 0.203. The van der Waals surface area contributed by atoms with E-state index in [0.717, 1.165) is 66.6 Å². The van der Waals surface area contributed by atoms with Crippen LogP contribution in [0.1, 0.15) is 0 Å². The summed E-state index contributed by atoms with van der Waals surface area (Å²) in [5, 5.41) is 6.71. The summed E-state index contributed by atoms with van der Waals surface area (Å²) in [6.07, 6.45) is 7.14. The highest BCUT2D eigenvalue weighted by Crippen LogP contribution is 2.41. The zero-order valence-corrected chi connectivity index (χ0v) is 24.5. The average molecular weight is 593 g/mol. The Morgan fingerprint density at radius 2 is 0.913 bits per heavy atom. The Morgan fingerprint density at radius 3 is 1.46 bits per heavy atom. The first-order chi connectivity index (χ1) is 22.8. The van der Waals surface area contributed by atoms with Crippen molar-refractivity contribution in [3.63, 3.8) is 0 Å². The first kappa shape index (κ1) is 25.0. The van der Waals surface area contributed by atoms with E-state index < -0.39 is 0 Å². The molecule has 46 heavy (non-hydrogen) atoms. The van der Waals surface area contributed by atoms with Crippen molar-refractivity contribution in [3.8, 4) is 5.69 Å². The molecular weight excluding hydrogens is 568 g/mol. The van der Waals surface area contributed by atoms with Gasteiger partial charge in [-0.25, -0.2) is 0 Å². The van der Waals surface area contributed by atoms with Crippen LogP contribution >= 0.6 is 0 Å². The van der Waals surface area contributed by atoms with E-state index in [0.29, 0.717) is 0 Å². The topological polar surface area (TPSA) is 60.2 Å². The Kier molecular flexibility index (Phi) is 5.19. The molecule has 5 aromatic heterocycles. The molecule has 5 aromatic carbocycles. The standard InChI is InChI=1S/C40H24N4O2/c1-3-7-35-29(5-1)30-6-2-4-8-36(30)44(35)26-11-9-25(10-12-26)43(27-13-15-31-33-17-19-41-23-39(33)45-37(31)21-27)28-14-16-32-34-18-20-42-24-40(34)46-38(32)22-28/h1-24H. The van der Waals surface area contributed by atoms with Gasteiger partial charge in [-0.2, -0.15) is 0 Å². The molecule has 5 heterocycles. The van der Waals surface area contributed by atoms with Gasteiger partial charge in [-0.15, -0.1) is 0 Å². The first-order valence-corrected chi connectivity index (χ1v) is 15.2. The molecular formula is C40H24N4O2. The van der Waals surface area contributed by atoms with Gasteiger partial charge < -0.3 is 18.3 Å². The maximum absolute atomic E-state index is 6.26. The number of furan rings is 2. The summed E-state index contributed by atoms with van der Waals surface area (Å²) >= 11 is 0. The number of para-hydroxylation sites is 2. The van der Waals surface area contributed by atoms with Crippen LogP contribution in [0.2, 0.25) is 0 Å². The molecule has 0 atom stereocenters. The van der Waals surface area contributed by atoms with Gasteiger partial charge in [-0.05, 0) is 72.8 Å². The molecule has 0 unspecified atom stereocenters. The van der Waals surface area contributed by atoms with Crippen LogP contribution in [0.15, 0.2) is 155 Å². The van der Waals surface area contributed by atoms with Gasteiger partial charge in [-0.1, -0.05) is 36.4 Å². The molecule has 10 aromatic rings. The minimum absolute atomic E-state index is 0.772. The SMILES string of the molecule is c1ccc2c(c1)c1ccccc1n2-c1ccc(N(c2ccc3c(c2)oc2cnccc23)c2ccc3c(c2)oc2cnccc23)cc1. The highest BCUT2D eigenvalue weighted by atomic mass is 16.3. The molecule has 216 valence electrons. The zero-order chi connectivity index (χ0) is 30.2. The van der Waals surface area contributed by atoms with E-state index in [2.05, 4.69) is 129 Å². The van der Waals surface area contributed by atoms with E-state index in [1.54, 1.807) is 24.8 Å². The largest absolute Gasteiger partial charge is 0.454 e. The number of pyridine rings is 2. The number of anilines is 3. The Labute approximate surface area is 262 Å². The fourth-order valence-electron chi connectivity index (χ4n) is 6.92. The van der Waals surface area contributed by atoms with Crippen molar-refractivity contribution in [2.24, 2.45) is 0 Å². The first-order valence-electron chi connectivity index (χ1n) is 15.2. The van der Waals surface area contributed by atoms with Crippen LogP contribution in [0, 0.1) is 0 Å². The van der Waals surface area contributed by atoms with Gasteiger partial charge in [0.05, 0.1) is 23.4 Å². The van der Waals surface area contributed by atoms with Crippen LogP contribution in [0.3, 0.4) is 0 Å². The highest BCUT2D eigenvalue weighted by molar-refractivity contribution is 6.10. The maximum atomic E-state index is 6.26. The molecule has 0 radical (unpaired) electrons. The van der Waals surface area contributed by atoms with Gasteiger partial charge in [-0.3, -0.25) is 9.97 Å². The fourth-order valence-corrected chi connectivity index (χ4v) is 6.92. The Bertz CT molecular complexity index is 2600. The molecule has 10 rings (SSSR count). The van der Waals surface area contributed by atoms with E-state index in [9.17, 15) is 0 Å². The number of aromatic nitrogens is 3. The second kappa shape index (κ2) is 9.55. The summed E-state index contributed by atoms with van der Waals surface area (Å²) in [7, 11) is 0. The lowest BCUT2D eigenvalue weighted by molar-refractivity contribution is 0.667. The lowest BCUT2D eigenvalue weighted by Crippen LogP contribution is -2.10. The molecule has 6 heteroatoms. The summed E-state index contributed by atoms with van der Waals surface area (Å²) < 4.78 is 14.8. The number of benzene rings is 5.